The number of hydrogen-bond donors (Lipinski definition) is 2. The fourth-order valence-electron chi connectivity index (χ4n) is 1.17. The summed E-state index contributed by atoms with van der Waals surface area (Å²) in [6, 6.07) is 0. The Kier molecular flexibility index (Phi) is 6.12. The minimum atomic E-state index is -0.444. The van der Waals surface area contributed by atoms with Gasteiger partial charge in [-0.2, -0.15) is 0 Å². The van der Waals surface area contributed by atoms with E-state index in [0.29, 0.717) is 18.9 Å². The van der Waals surface area contributed by atoms with Crippen LogP contribution in [0, 0.1) is 17.2 Å². The van der Waals surface area contributed by atoms with E-state index in [1.165, 1.54) is 0 Å². The molecule has 0 aliphatic rings. The van der Waals surface area contributed by atoms with Gasteiger partial charge in [0, 0.05) is 12.3 Å². The minimum absolute atomic E-state index is 0.0813. The van der Waals surface area contributed by atoms with Crippen molar-refractivity contribution in [2.45, 2.75) is 20.8 Å². The highest BCUT2D eigenvalue weighted by Gasteiger charge is 2.25. The summed E-state index contributed by atoms with van der Waals surface area (Å²) in [5.41, 5.74) is 0.429. The molecule has 0 heterocycles. The lowest BCUT2D eigenvalue weighted by Crippen LogP contribution is -2.36. The molecular formula is C10H20N2O2. The van der Waals surface area contributed by atoms with Crippen molar-refractivity contribution in [1.82, 2.24) is 5.32 Å². The molecule has 0 saturated heterocycles. The molecule has 82 valence electrons. The Morgan fingerprint density at radius 3 is 2.43 bits per heavy atom. The summed E-state index contributed by atoms with van der Waals surface area (Å²) < 4.78 is 4.91. The summed E-state index contributed by atoms with van der Waals surface area (Å²) in [7, 11) is 1.76. The number of hydrogen-bond acceptors (Lipinski definition) is 4. The molecule has 14 heavy (non-hydrogen) atoms. The summed E-state index contributed by atoms with van der Waals surface area (Å²) in [4.78, 5) is 11.5. The maximum absolute atomic E-state index is 11.5. The molecule has 0 radical (unpaired) electrons. The van der Waals surface area contributed by atoms with E-state index in [-0.39, 0.29) is 11.9 Å². The van der Waals surface area contributed by atoms with E-state index >= 15 is 0 Å². The summed E-state index contributed by atoms with van der Waals surface area (Å²) in [5.74, 6) is -0.668. The quantitative estimate of drug-likeness (QED) is 0.498. The normalized spacial score (nSPS) is 12.6. The zero-order valence-corrected chi connectivity index (χ0v) is 9.39. The fraction of sp³-hybridized carbons (Fsp3) is 0.800. The van der Waals surface area contributed by atoms with Crippen LogP contribution in [0.4, 0.5) is 0 Å². The van der Waals surface area contributed by atoms with Crippen LogP contribution in [0.3, 0.4) is 0 Å². The topological polar surface area (TPSA) is 62.2 Å². The molecule has 4 nitrogen and oxygen atoms in total. The van der Waals surface area contributed by atoms with Crippen molar-refractivity contribution >= 4 is 11.7 Å². The Balaban J connectivity index is 4.42. The van der Waals surface area contributed by atoms with Crippen molar-refractivity contribution in [3.05, 3.63) is 0 Å². The van der Waals surface area contributed by atoms with Crippen LogP contribution in [0.2, 0.25) is 0 Å². The molecule has 1 atom stereocenters. The Bertz CT molecular complexity index is 202. The van der Waals surface area contributed by atoms with Gasteiger partial charge in [0.15, 0.2) is 0 Å². The first-order valence-corrected chi connectivity index (χ1v) is 4.94. The highest BCUT2D eigenvalue weighted by atomic mass is 16.5. The predicted octanol–water partition coefficient (Wildman–Crippen LogP) is 1.06. The first-order valence-electron chi connectivity index (χ1n) is 4.94. The Labute approximate surface area is 85.5 Å². The van der Waals surface area contributed by atoms with Crippen molar-refractivity contribution in [3.8, 4) is 0 Å². The van der Waals surface area contributed by atoms with E-state index in [1.807, 2.05) is 13.8 Å². The number of esters is 1. The molecule has 0 aromatic rings. The fourth-order valence-corrected chi connectivity index (χ4v) is 1.17. The average Bonchev–Trinajstić information content (AvgIpc) is 2.13. The average molecular weight is 200 g/mol. The molecule has 0 aromatic carbocycles. The van der Waals surface area contributed by atoms with E-state index < -0.39 is 5.92 Å². The lowest BCUT2D eigenvalue weighted by atomic mass is 9.94. The standard InChI is InChI=1S/C10H20N2O2/c1-5-14-10(13)8(6-12-4)9(11)7(2)3/h7-8,11-12H,5-6H2,1-4H3. The van der Waals surface area contributed by atoms with Crippen molar-refractivity contribution in [2.24, 2.45) is 11.8 Å². The third-order valence-corrected chi connectivity index (χ3v) is 1.98. The van der Waals surface area contributed by atoms with Crippen molar-refractivity contribution in [1.29, 1.82) is 5.41 Å². The van der Waals surface area contributed by atoms with Gasteiger partial charge in [0.1, 0.15) is 5.92 Å². The van der Waals surface area contributed by atoms with Gasteiger partial charge in [-0.3, -0.25) is 4.79 Å². The highest BCUT2D eigenvalue weighted by molar-refractivity contribution is 6.01. The molecule has 0 aromatic heterocycles. The Morgan fingerprint density at radius 2 is 2.07 bits per heavy atom. The molecule has 0 rings (SSSR count). The smallest absolute Gasteiger partial charge is 0.315 e. The zero-order valence-electron chi connectivity index (χ0n) is 9.39. The Morgan fingerprint density at radius 1 is 1.50 bits per heavy atom. The number of ether oxygens (including phenoxy) is 1. The van der Waals surface area contributed by atoms with Crippen molar-refractivity contribution in [2.75, 3.05) is 20.2 Å². The molecule has 0 spiro atoms. The van der Waals surface area contributed by atoms with Crippen LogP contribution in [-0.2, 0) is 9.53 Å². The van der Waals surface area contributed by atoms with Gasteiger partial charge in [-0.1, -0.05) is 13.8 Å². The monoisotopic (exact) mass is 200 g/mol. The molecule has 0 aliphatic carbocycles. The molecule has 0 amide bonds. The SMILES string of the molecule is CCOC(=O)C(CNC)C(=N)C(C)C. The first-order chi connectivity index (χ1) is 6.54. The first kappa shape index (κ1) is 13.1. The second kappa shape index (κ2) is 6.54. The van der Waals surface area contributed by atoms with Gasteiger partial charge >= 0.3 is 5.97 Å². The molecule has 1 unspecified atom stereocenters. The molecule has 4 heteroatoms. The number of nitrogens with one attached hydrogen (secondary N) is 2. The zero-order chi connectivity index (χ0) is 11.1. The largest absolute Gasteiger partial charge is 0.465 e. The van der Waals surface area contributed by atoms with Crippen LogP contribution < -0.4 is 5.32 Å². The summed E-state index contributed by atoms with van der Waals surface area (Å²) in [5, 5.41) is 10.7. The van der Waals surface area contributed by atoms with Gasteiger partial charge in [0.05, 0.1) is 6.61 Å². The molecule has 2 N–H and O–H groups in total. The van der Waals surface area contributed by atoms with Gasteiger partial charge < -0.3 is 15.5 Å². The van der Waals surface area contributed by atoms with Gasteiger partial charge in [0.2, 0.25) is 0 Å². The van der Waals surface area contributed by atoms with Gasteiger partial charge in [0.25, 0.3) is 0 Å². The van der Waals surface area contributed by atoms with Crippen LogP contribution >= 0.6 is 0 Å². The van der Waals surface area contributed by atoms with Crippen LogP contribution in [0.25, 0.3) is 0 Å². The molecule has 0 fully saturated rings. The van der Waals surface area contributed by atoms with Crippen LogP contribution in [0.15, 0.2) is 0 Å². The number of carbonyl (C=O) groups is 1. The third-order valence-electron chi connectivity index (χ3n) is 1.98. The van der Waals surface area contributed by atoms with Crippen LogP contribution in [0.5, 0.6) is 0 Å². The predicted molar refractivity (Wildman–Crippen MR) is 56.6 cm³/mol. The van der Waals surface area contributed by atoms with E-state index in [2.05, 4.69) is 5.32 Å². The van der Waals surface area contributed by atoms with Gasteiger partial charge in [-0.05, 0) is 19.9 Å². The maximum Gasteiger partial charge on any atom is 0.315 e. The second-order valence-electron chi connectivity index (χ2n) is 3.47. The maximum atomic E-state index is 11.5. The summed E-state index contributed by atoms with van der Waals surface area (Å²) >= 11 is 0. The lowest BCUT2D eigenvalue weighted by Gasteiger charge is -2.18. The summed E-state index contributed by atoms with van der Waals surface area (Å²) in [6.45, 7) is 6.42. The molecule has 0 saturated carbocycles. The summed E-state index contributed by atoms with van der Waals surface area (Å²) in [6.07, 6.45) is 0. The lowest BCUT2D eigenvalue weighted by molar-refractivity contribution is -0.145. The van der Waals surface area contributed by atoms with E-state index in [4.69, 9.17) is 10.1 Å². The van der Waals surface area contributed by atoms with Crippen molar-refractivity contribution < 1.29 is 9.53 Å². The van der Waals surface area contributed by atoms with Gasteiger partial charge in [-0.15, -0.1) is 0 Å². The van der Waals surface area contributed by atoms with E-state index in [0.717, 1.165) is 0 Å². The van der Waals surface area contributed by atoms with Crippen molar-refractivity contribution in [3.63, 3.8) is 0 Å². The molecule has 0 bridgehead atoms. The number of rotatable bonds is 6. The minimum Gasteiger partial charge on any atom is -0.465 e. The van der Waals surface area contributed by atoms with E-state index in [1.54, 1.807) is 14.0 Å². The van der Waals surface area contributed by atoms with Crippen LogP contribution in [-0.4, -0.2) is 31.9 Å². The highest BCUT2D eigenvalue weighted by Crippen LogP contribution is 2.08. The number of carbonyl (C=O) groups excluding carboxylic acids is 1. The molecule has 0 aliphatic heterocycles. The second-order valence-corrected chi connectivity index (χ2v) is 3.47. The van der Waals surface area contributed by atoms with Crippen LogP contribution in [0.1, 0.15) is 20.8 Å². The van der Waals surface area contributed by atoms with Gasteiger partial charge in [-0.25, -0.2) is 0 Å². The van der Waals surface area contributed by atoms with E-state index in [9.17, 15) is 4.79 Å². The molecular weight excluding hydrogens is 180 g/mol. The Hall–Kier alpha value is -0.900. The third kappa shape index (κ3) is 3.87.